The van der Waals surface area contributed by atoms with E-state index in [2.05, 4.69) is 0 Å². The van der Waals surface area contributed by atoms with Crippen molar-refractivity contribution in [3.8, 4) is 0 Å². The van der Waals surface area contributed by atoms with Crippen LogP contribution < -0.4 is 5.73 Å². The second kappa shape index (κ2) is 7.10. The number of amides is 1. The van der Waals surface area contributed by atoms with Crippen LogP contribution in [0.1, 0.15) is 52.4 Å². The molecule has 4 heteroatoms. The molecule has 0 atom stereocenters. The Balaban J connectivity index is 2.62. The predicted octanol–water partition coefficient (Wildman–Crippen LogP) is 1.92. The number of nitrogens with two attached hydrogens (primary N) is 1. The third-order valence-corrected chi connectivity index (χ3v) is 3.84. The summed E-state index contributed by atoms with van der Waals surface area (Å²) < 4.78 is 5.35. The summed E-state index contributed by atoms with van der Waals surface area (Å²) in [4.78, 5) is 14.4. The molecule has 106 valence electrons. The van der Waals surface area contributed by atoms with Gasteiger partial charge in [-0.25, -0.2) is 0 Å². The van der Waals surface area contributed by atoms with Gasteiger partial charge in [0.15, 0.2) is 0 Å². The van der Waals surface area contributed by atoms with Crippen LogP contribution in [0.25, 0.3) is 0 Å². The summed E-state index contributed by atoms with van der Waals surface area (Å²) in [7, 11) is 1.65. The van der Waals surface area contributed by atoms with Gasteiger partial charge in [-0.2, -0.15) is 0 Å². The van der Waals surface area contributed by atoms with Crippen LogP contribution in [0.15, 0.2) is 0 Å². The molecular weight excluding hydrogens is 228 g/mol. The van der Waals surface area contributed by atoms with E-state index in [0.717, 1.165) is 12.8 Å². The maximum atomic E-state index is 12.4. The summed E-state index contributed by atoms with van der Waals surface area (Å²) in [6.07, 6.45) is 6.43. The summed E-state index contributed by atoms with van der Waals surface area (Å²) in [6.45, 7) is 5.11. The molecule has 1 amide bonds. The monoisotopic (exact) mass is 256 g/mol. The lowest BCUT2D eigenvalue weighted by atomic mass is 9.93. The fraction of sp³-hybridized carbons (Fsp3) is 0.929. The Hall–Kier alpha value is -0.610. The van der Waals surface area contributed by atoms with Crippen molar-refractivity contribution in [3.63, 3.8) is 0 Å². The Kier molecular flexibility index (Phi) is 6.09. The number of hydrogen-bond acceptors (Lipinski definition) is 3. The summed E-state index contributed by atoms with van der Waals surface area (Å²) >= 11 is 0. The van der Waals surface area contributed by atoms with Crippen molar-refractivity contribution in [2.75, 3.05) is 20.2 Å². The van der Waals surface area contributed by atoms with Crippen molar-refractivity contribution in [2.45, 2.75) is 64.0 Å². The topological polar surface area (TPSA) is 55.6 Å². The number of ether oxygens (including phenoxy) is 1. The van der Waals surface area contributed by atoms with Crippen LogP contribution in [-0.2, 0) is 9.53 Å². The molecule has 0 aromatic carbocycles. The van der Waals surface area contributed by atoms with E-state index in [1.807, 2.05) is 18.7 Å². The Morgan fingerprint density at radius 1 is 1.33 bits per heavy atom. The normalized spacial score (nSPS) is 17.8. The maximum Gasteiger partial charge on any atom is 0.225 e. The summed E-state index contributed by atoms with van der Waals surface area (Å²) in [5, 5.41) is 0. The summed E-state index contributed by atoms with van der Waals surface area (Å²) in [5.41, 5.74) is 5.25. The minimum Gasteiger partial charge on any atom is -0.378 e. The number of methoxy groups -OCH3 is 1. The molecule has 0 saturated heterocycles. The van der Waals surface area contributed by atoms with Crippen LogP contribution in [0.3, 0.4) is 0 Å². The molecule has 2 N–H and O–H groups in total. The predicted molar refractivity (Wildman–Crippen MR) is 73.3 cm³/mol. The molecule has 0 spiro atoms. The van der Waals surface area contributed by atoms with Crippen LogP contribution in [0, 0.1) is 0 Å². The lowest BCUT2D eigenvalue weighted by molar-refractivity contribution is -0.139. The Morgan fingerprint density at radius 2 is 1.94 bits per heavy atom. The van der Waals surface area contributed by atoms with E-state index >= 15 is 0 Å². The largest absolute Gasteiger partial charge is 0.378 e. The molecule has 0 bridgehead atoms. The molecule has 0 heterocycles. The number of nitrogens with zero attached hydrogens (tertiary/aromatic N) is 1. The zero-order valence-corrected chi connectivity index (χ0v) is 12.1. The van der Waals surface area contributed by atoms with Gasteiger partial charge in [0.1, 0.15) is 0 Å². The molecular formula is C14H28N2O2. The van der Waals surface area contributed by atoms with Gasteiger partial charge in [0.2, 0.25) is 5.91 Å². The van der Waals surface area contributed by atoms with Gasteiger partial charge in [-0.15, -0.1) is 0 Å². The van der Waals surface area contributed by atoms with E-state index in [4.69, 9.17) is 10.5 Å². The first-order chi connectivity index (χ1) is 8.50. The van der Waals surface area contributed by atoms with Gasteiger partial charge in [-0.05, 0) is 26.7 Å². The fourth-order valence-electron chi connectivity index (χ4n) is 2.58. The van der Waals surface area contributed by atoms with Crippen molar-refractivity contribution >= 4 is 5.91 Å². The fourth-order valence-corrected chi connectivity index (χ4v) is 2.58. The molecule has 0 aromatic rings. The highest BCUT2D eigenvalue weighted by atomic mass is 16.5. The highest BCUT2D eigenvalue weighted by molar-refractivity contribution is 5.77. The summed E-state index contributed by atoms with van der Waals surface area (Å²) in [6, 6.07) is 0.391. The number of carbonyl (C=O) groups is 1. The molecule has 4 nitrogen and oxygen atoms in total. The van der Waals surface area contributed by atoms with Crippen LogP contribution in [0.2, 0.25) is 0 Å². The second-order valence-electron chi connectivity index (χ2n) is 5.81. The standard InChI is InChI=1S/C14H28N2O2/c1-14(2,18-3)11-13(17)16(10-9-15)12-7-5-4-6-8-12/h12H,4-11,15H2,1-3H3. The Bertz CT molecular complexity index is 261. The quantitative estimate of drug-likeness (QED) is 0.790. The number of rotatable bonds is 6. The SMILES string of the molecule is COC(C)(C)CC(=O)N(CCN)C1CCCCC1. The minimum absolute atomic E-state index is 0.180. The number of hydrogen-bond donors (Lipinski definition) is 1. The van der Waals surface area contributed by atoms with E-state index in [1.54, 1.807) is 7.11 Å². The molecule has 1 saturated carbocycles. The first kappa shape index (κ1) is 15.4. The zero-order valence-electron chi connectivity index (χ0n) is 12.1. The van der Waals surface area contributed by atoms with Crippen molar-refractivity contribution in [3.05, 3.63) is 0 Å². The van der Waals surface area contributed by atoms with Crippen molar-refractivity contribution in [2.24, 2.45) is 5.73 Å². The molecule has 1 rings (SSSR count). The maximum absolute atomic E-state index is 12.4. The molecule has 1 aliphatic carbocycles. The molecule has 1 fully saturated rings. The third-order valence-electron chi connectivity index (χ3n) is 3.84. The molecule has 1 aliphatic rings. The third kappa shape index (κ3) is 4.58. The molecule has 18 heavy (non-hydrogen) atoms. The van der Waals surface area contributed by atoms with E-state index in [0.29, 0.717) is 25.6 Å². The van der Waals surface area contributed by atoms with Crippen molar-refractivity contribution in [1.82, 2.24) is 4.90 Å². The van der Waals surface area contributed by atoms with Crippen LogP contribution in [0.5, 0.6) is 0 Å². The first-order valence-electron chi connectivity index (χ1n) is 7.05. The average molecular weight is 256 g/mol. The van der Waals surface area contributed by atoms with Gasteiger partial charge in [-0.3, -0.25) is 4.79 Å². The second-order valence-corrected chi connectivity index (χ2v) is 5.81. The van der Waals surface area contributed by atoms with E-state index < -0.39 is 5.60 Å². The van der Waals surface area contributed by atoms with Gasteiger partial charge in [-0.1, -0.05) is 19.3 Å². The van der Waals surface area contributed by atoms with Gasteiger partial charge in [0, 0.05) is 26.2 Å². The van der Waals surface area contributed by atoms with Crippen LogP contribution in [-0.4, -0.2) is 42.6 Å². The molecule has 0 aliphatic heterocycles. The van der Waals surface area contributed by atoms with Gasteiger partial charge >= 0.3 is 0 Å². The van der Waals surface area contributed by atoms with E-state index in [-0.39, 0.29) is 5.91 Å². The van der Waals surface area contributed by atoms with Crippen molar-refractivity contribution < 1.29 is 9.53 Å². The average Bonchev–Trinajstić information content (AvgIpc) is 2.36. The zero-order chi connectivity index (χ0) is 13.6. The molecule has 0 aromatic heterocycles. The summed E-state index contributed by atoms with van der Waals surface area (Å²) in [5.74, 6) is 0.180. The minimum atomic E-state index is -0.390. The number of carbonyl (C=O) groups excluding carboxylic acids is 1. The smallest absolute Gasteiger partial charge is 0.225 e. The van der Waals surface area contributed by atoms with E-state index in [1.165, 1.54) is 19.3 Å². The van der Waals surface area contributed by atoms with Crippen LogP contribution in [0.4, 0.5) is 0 Å². The lowest BCUT2D eigenvalue weighted by Crippen LogP contribution is -2.46. The van der Waals surface area contributed by atoms with Gasteiger partial charge < -0.3 is 15.4 Å². The Labute approximate surface area is 111 Å². The first-order valence-corrected chi connectivity index (χ1v) is 7.05. The Morgan fingerprint density at radius 3 is 2.44 bits per heavy atom. The van der Waals surface area contributed by atoms with Crippen molar-refractivity contribution in [1.29, 1.82) is 0 Å². The van der Waals surface area contributed by atoms with Gasteiger partial charge in [0.25, 0.3) is 0 Å². The highest BCUT2D eigenvalue weighted by Gasteiger charge is 2.29. The van der Waals surface area contributed by atoms with E-state index in [9.17, 15) is 4.79 Å². The lowest BCUT2D eigenvalue weighted by Gasteiger charge is -2.36. The molecule has 0 unspecified atom stereocenters. The highest BCUT2D eigenvalue weighted by Crippen LogP contribution is 2.24. The van der Waals surface area contributed by atoms with Crippen LogP contribution >= 0.6 is 0 Å². The molecule has 0 radical (unpaired) electrons. The van der Waals surface area contributed by atoms with Gasteiger partial charge in [0.05, 0.1) is 12.0 Å².